The summed E-state index contributed by atoms with van der Waals surface area (Å²) in [4.78, 5) is 12.7. The third kappa shape index (κ3) is 2.88. The lowest BCUT2D eigenvalue weighted by molar-refractivity contribution is 0.101. The van der Waals surface area contributed by atoms with Gasteiger partial charge >= 0.3 is 0 Å². The van der Waals surface area contributed by atoms with Gasteiger partial charge in [0.1, 0.15) is 12.4 Å². The summed E-state index contributed by atoms with van der Waals surface area (Å²) in [7, 11) is 0. The van der Waals surface area contributed by atoms with Crippen LogP contribution in [0.2, 0.25) is 0 Å². The van der Waals surface area contributed by atoms with E-state index in [0.29, 0.717) is 17.4 Å². The van der Waals surface area contributed by atoms with E-state index >= 15 is 0 Å². The van der Waals surface area contributed by atoms with Crippen LogP contribution in [0.3, 0.4) is 0 Å². The number of benzene rings is 2. The lowest BCUT2D eigenvalue weighted by atomic mass is 10.1. The summed E-state index contributed by atoms with van der Waals surface area (Å²) in [6.07, 6.45) is 1.05. The third-order valence-corrected chi connectivity index (χ3v) is 4.68. The van der Waals surface area contributed by atoms with E-state index in [9.17, 15) is 4.79 Å². The molecule has 1 aliphatic heterocycles. The molecule has 0 amide bonds. The highest BCUT2D eigenvalue weighted by Gasteiger charge is 2.22. The summed E-state index contributed by atoms with van der Waals surface area (Å²) in [6.45, 7) is 2.24. The average Bonchev–Trinajstić information content (AvgIpc) is 2.88. The first-order valence-electron chi connectivity index (χ1n) is 6.71. The normalized spacial score (nSPS) is 16.8. The van der Waals surface area contributed by atoms with E-state index in [1.807, 2.05) is 36.0 Å². The van der Waals surface area contributed by atoms with Gasteiger partial charge in [0.25, 0.3) is 0 Å². The molecule has 0 N–H and O–H groups in total. The second-order valence-corrected chi connectivity index (χ2v) is 6.29. The molecule has 0 spiro atoms. The predicted molar refractivity (Wildman–Crippen MR) is 81.7 cm³/mol. The molecule has 2 nitrogen and oxygen atoms in total. The molecule has 20 heavy (non-hydrogen) atoms. The molecule has 3 heteroatoms. The van der Waals surface area contributed by atoms with Gasteiger partial charge in [-0.05, 0) is 37.1 Å². The van der Waals surface area contributed by atoms with Crippen molar-refractivity contribution in [2.75, 3.05) is 6.61 Å². The number of hydrogen-bond acceptors (Lipinski definition) is 3. The number of Topliss-reactive ketones (excluding diaryl/α,β-unsaturated/α-hetero) is 1. The number of fused-ring (bicyclic) bond motifs is 1. The second-order valence-electron chi connectivity index (χ2n) is 4.95. The van der Waals surface area contributed by atoms with Crippen molar-refractivity contribution < 1.29 is 9.53 Å². The zero-order valence-electron chi connectivity index (χ0n) is 11.3. The summed E-state index contributed by atoms with van der Waals surface area (Å²) in [5.41, 5.74) is 2.11. The fourth-order valence-electron chi connectivity index (χ4n) is 2.34. The zero-order valence-corrected chi connectivity index (χ0v) is 12.2. The molecule has 0 fully saturated rings. The topological polar surface area (TPSA) is 26.3 Å². The lowest BCUT2D eigenvalue weighted by Gasteiger charge is -2.11. The highest BCUT2D eigenvalue weighted by Crippen LogP contribution is 2.36. The van der Waals surface area contributed by atoms with Crippen molar-refractivity contribution >= 4 is 17.5 Å². The Morgan fingerprint density at radius 3 is 2.90 bits per heavy atom. The van der Waals surface area contributed by atoms with Crippen LogP contribution >= 0.6 is 11.8 Å². The Balaban J connectivity index is 1.61. The fraction of sp³-hybridized carbons (Fsp3) is 0.235. The van der Waals surface area contributed by atoms with E-state index in [0.717, 1.165) is 12.2 Å². The summed E-state index contributed by atoms with van der Waals surface area (Å²) in [6, 6.07) is 15.9. The van der Waals surface area contributed by atoms with Gasteiger partial charge in [-0.25, -0.2) is 0 Å². The highest BCUT2D eigenvalue weighted by molar-refractivity contribution is 8.00. The van der Waals surface area contributed by atoms with Crippen LogP contribution in [0.1, 0.15) is 22.8 Å². The molecule has 1 aliphatic rings. The molecule has 1 heterocycles. The molecule has 2 aromatic carbocycles. The minimum absolute atomic E-state index is 0.0677. The van der Waals surface area contributed by atoms with Crippen molar-refractivity contribution in [3.63, 3.8) is 0 Å². The Morgan fingerprint density at radius 1 is 1.25 bits per heavy atom. The van der Waals surface area contributed by atoms with Gasteiger partial charge in [-0.15, -0.1) is 11.8 Å². The lowest BCUT2D eigenvalue weighted by Crippen LogP contribution is -2.13. The monoisotopic (exact) mass is 284 g/mol. The summed E-state index contributed by atoms with van der Waals surface area (Å²) >= 11 is 1.87. The van der Waals surface area contributed by atoms with Crippen LogP contribution in [-0.2, 0) is 6.42 Å². The molecular weight excluding hydrogens is 268 g/mol. The first kappa shape index (κ1) is 13.3. The standard InChI is InChI=1S/C17H16O2S/c1-12(18)13-6-4-7-15(9-13)19-11-16-10-14-5-2-3-8-17(14)20-16/h2-9,16H,10-11H2,1H3. The maximum atomic E-state index is 11.3. The van der Waals surface area contributed by atoms with Crippen LogP contribution in [0.4, 0.5) is 0 Å². The van der Waals surface area contributed by atoms with Gasteiger partial charge < -0.3 is 4.74 Å². The highest BCUT2D eigenvalue weighted by atomic mass is 32.2. The first-order valence-corrected chi connectivity index (χ1v) is 7.59. The maximum Gasteiger partial charge on any atom is 0.159 e. The third-order valence-electron chi connectivity index (χ3n) is 3.39. The van der Waals surface area contributed by atoms with Gasteiger partial charge in [-0.3, -0.25) is 4.79 Å². The van der Waals surface area contributed by atoms with Gasteiger partial charge in [0.15, 0.2) is 5.78 Å². The smallest absolute Gasteiger partial charge is 0.159 e. The zero-order chi connectivity index (χ0) is 13.9. The molecule has 0 radical (unpaired) electrons. The van der Waals surface area contributed by atoms with E-state index in [2.05, 4.69) is 24.3 Å². The summed E-state index contributed by atoms with van der Waals surface area (Å²) < 4.78 is 5.84. The second kappa shape index (κ2) is 5.71. The Labute approximate surface area is 123 Å². The molecule has 102 valence electrons. The van der Waals surface area contributed by atoms with Crippen LogP contribution in [0.25, 0.3) is 0 Å². The molecule has 0 aliphatic carbocycles. The summed E-state index contributed by atoms with van der Waals surface area (Å²) in [5, 5.41) is 0.452. The van der Waals surface area contributed by atoms with Gasteiger partial charge in [-0.2, -0.15) is 0 Å². The molecule has 3 rings (SSSR count). The molecule has 0 saturated carbocycles. The maximum absolute atomic E-state index is 11.3. The molecule has 2 aromatic rings. The van der Waals surface area contributed by atoms with Crippen molar-refractivity contribution in [2.45, 2.75) is 23.5 Å². The SMILES string of the molecule is CC(=O)c1cccc(OCC2Cc3ccccc3S2)c1. The number of hydrogen-bond donors (Lipinski definition) is 0. The van der Waals surface area contributed by atoms with Crippen LogP contribution in [-0.4, -0.2) is 17.6 Å². The Kier molecular flexibility index (Phi) is 3.79. The Bertz CT molecular complexity index is 611. The van der Waals surface area contributed by atoms with Crippen LogP contribution in [0.5, 0.6) is 5.75 Å². The van der Waals surface area contributed by atoms with E-state index in [1.165, 1.54) is 10.5 Å². The molecule has 0 aromatic heterocycles. The minimum Gasteiger partial charge on any atom is -0.492 e. The molecule has 0 saturated heterocycles. The van der Waals surface area contributed by atoms with Crippen LogP contribution < -0.4 is 4.74 Å². The van der Waals surface area contributed by atoms with E-state index in [4.69, 9.17) is 4.74 Å². The van der Waals surface area contributed by atoms with E-state index < -0.39 is 0 Å². The average molecular weight is 284 g/mol. The quantitative estimate of drug-likeness (QED) is 0.794. The van der Waals surface area contributed by atoms with Crippen LogP contribution in [0, 0.1) is 0 Å². The number of carbonyl (C=O) groups is 1. The van der Waals surface area contributed by atoms with Crippen molar-refractivity contribution in [1.29, 1.82) is 0 Å². The van der Waals surface area contributed by atoms with Crippen molar-refractivity contribution in [1.82, 2.24) is 0 Å². The number of thioether (sulfide) groups is 1. The molecule has 0 bridgehead atoms. The van der Waals surface area contributed by atoms with E-state index in [1.54, 1.807) is 6.92 Å². The Hall–Kier alpha value is -1.74. The minimum atomic E-state index is 0.0677. The first-order chi connectivity index (χ1) is 9.72. The largest absolute Gasteiger partial charge is 0.492 e. The molecule has 1 atom stereocenters. The predicted octanol–water partition coefficient (Wildman–Crippen LogP) is 3.99. The van der Waals surface area contributed by atoms with Crippen LogP contribution in [0.15, 0.2) is 53.4 Å². The van der Waals surface area contributed by atoms with E-state index in [-0.39, 0.29) is 5.78 Å². The van der Waals surface area contributed by atoms with Crippen molar-refractivity contribution in [2.24, 2.45) is 0 Å². The summed E-state index contributed by atoms with van der Waals surface area (Å²) in [5.74, 6) is 0.840. The molecule has 1 unspecified atom stereocenters. The fourth-order valence-corrected chi connectivity index (χ4v) is 3.56. The van der Waals surface area contributed by atoms with Gasteiger partial charge in [0.2, 0.25) is 0 Å². The number of ketones is 1. The van der Waals surface area contributed by atoms with Gasteiger partial charge in [0, 0.05) is 15.7 Å². The molecular formula is C17H16O2S. The van der Waals surface area contributed by atoms with Gasteiger partial charge in [0.05, 0.1) is 0 Å². The van der Waals surface area contributed by atoms with Gasteiger partial charge in [-0.1, -0.05) is 30.3 Å². The number of rotatable bonds is 4. The Morgan fingerprint density at radius 2 is 2.10 bits per heavy atom. The van der Waals surface area contributed by atoms with Crippen molar-refractivity contribution in [3.8, 4) is 5.75 Å². The number of ether oxygens (including phenoxy) is 1. The van der Waals surface area contributed by atoms with Crippen molar-refractivity contribution in [3.05, 3.63) is 59.7 Å². The number of carbonyl (C=O) groups excluding carboxylic acids is 1.